The molecule has 0 aromatic carbocycles. The maximum absolute atomic E-state index is 13.0. The molecule has 0 amide bonds. The van der Waals surface area contributed by atoms with Crippen LogP contribution in [0.25, 0.3) is 0 Å². The summed E-state index contributed by atoms with van der Waals surface area (Å²) in [5, 5.41) is -0.220. The molecule has 0 aromatic heterocycles. The van der Waals surface area contributed by atoms with E-state index in [1.807, 2.05) is 33.9 Å². The smallest absolute Gasteiger partial charge is 0.434 e. The molecular formula is C20H32F6O3Si. The Morgan fingerprint density at radius 1 is 0.933 bits per heavy atom. The molecule has 0 saturated heterocycles. The Morgan fingerprint density at radius 3 is 2.00 bits per heavy atom. The number of carbonyl (C=O) groups excluding carboxylic acids is 1. The third-order valence-electron chi connectivity index (χ3n) is 6.94. The average Bonchev–Trinajstić information content (AvgIpc) is 2.98. The van der Waals surface area contributed by atoms with Gasteiger partial charge in [0, 0.05) is 0 Å². The number of carbonyl (C=O) groups is 1. The van der Waals surface area contributed by atoms with Gasteiger partial charge < -0.3 is 9.16 Å². The van der Waals surface area contributed by atoms with Gasteiger partial charge >= 0.3 is 18.3 Å². The molecule has 2 rings (SSSR count). The van der Waals surface area contributed by atoms with Crippen LogP contribution in [0.4, 0.5) is 26.3 Å². The molecule has 0 heterocycles. The summed E-state index contributed by atoms with van der Waals surface area (Å²) in [5.74, 6) is -2.53. The second-order valence-electron chi connectivity index (χ2n) is 10.2. The van der Waals surface area contributed by atoms with Gasteiger partial charge in [0.15, 0.2) is 8.32 Å². The fourth-order valence-corrected chi connectivity index (χ4v) is 5.71. The number of alkyl halides is 6. The summed E-state index contributed by atoms with van der Waals surface area (Å²) in [5.41, 5.74) is 0. The van der Waals surface area contributed by atoms with Crippen LogP contribution in [0, 0.1) is 17.8 Å². The van der Waals surface area contributed by atoms with E-state index in [1.54, 1.807) is 0 Å². The van der Waals surface area contributed by atoms with Crippen molar-refractivity contribution in [2.45, 2.75) is 102 Å². The minimum Gasteiger partial charge on any atom is -0.442 e. The van der Waals surface area contributed by atoms with Gasteiger partial charge in [-0.3, -0.25) is 4.79 Å². The van der Waals surface area contributed by atoms with E-state index < -0.39 is 44.8 Å². The monoisotopic (exact) mass is 462 g/mol. The highest BCUT2D eigenvalue weighted by molar-refractivity contribution is 6.74. The van der Waals surface area contributed by atoms with Gasteiger partial charge in [-0.1, -0.05) is 40.0 Å². The second-order valence-corrected chi connectivity index (χ2v) is 15.0. The van der Waals surface area contributed by atoms with Gasteiger partial charge in [-0.25, -0.2) is 0 Å². The largest absolute Gasteiger partial charge is 0.442 e. The molecule has 3 nitrogen and oxygen atoms in total. The summed E-state index contributed by atoms with van der Waals surface area (Å²) in [6.45, 7) is 9.89. The lowest BCUT2D eigenvalue weighted by molar-refractivity contribution is -0.315. The van der Waals surface area contributed by atoms with Crippen LogP contribution in [0.5, 0.6) is 0 Å². The Hall–Kier alpha value is -0.773. The van der Waals surface area contributed by atoms with Crippen LogP contribution in [-0.2, 0) is 14.0 Å². The maximum Gasteiger partial charge on any atom is 0.434 e. The highest BCUT2D eigenvalue weighted by Crippen LogP contribution is 2.47. The number of hydrogen-bond acceptors (Lipinski definition) is 3. The van der Waals surface area contributed by atoms with Crippen LogP contribution in [0.2, 0.25) is 18.1 Å². The molecule has 10 heteroatoms. The van der Waals surface area contributed by atoms with Crippen molar-refractivity contribution in [3.05, 3.63) is 0 Å². The van der Waals surface area contributed by atoms with Crippen LogP contribution in [-0.4, -0.2) is 38.8 Å². The Bertz CT molecular complexity index is 597. The number of esters is 1. The van der Waals surface area contributed by atoms with Crippen LogP contribution < -0.4 is 0 Å². The van der Waals surface area contributed by atoms with E-state index in [4.69, 9.17) is 4.43 Å². The number of hydrogen-bond donors (Lipinski definition) is 0. The Balaban J connectivity index is 2.34. The number of halogens is 6. The SMILES string of the molecule is CC(C)(C)[Si](C)(C)O[C@@H]1CCC[C@H]2CCC(C2)[C@@H]1C(=O)OC(C(F)(F)F)C(F)(F)F. The molecule has 2 fully saturated rings. The lowest BCUT2D eigenvalue weighted by atomic mass is 9.81. The summed E-state index contributed by atoms with van der Waals surface area (Å²) >= 11 is 0. The third-order valence-corrected chi connectivity index (χ3v) is 11.4. The summed E-state index contributed by atoms with van der Waals surface area (Å²) in [6.07, 6.45) is -12.2. The highest BCUT2D eigenvalue weighted by Gasteiger charge is 2.61. The predicted octanol–water partition coefficient (Wildman–Crippen LogP) is 6.63. The molecule has 2 aliphatic rings. The van der Waals surface area contributed by atoms with Gasteiger partial charge in [0.25, 0.3) is 6.10 Å². The Kier molecular flexibility index (Phi) is 7.34. The van der Waals surface area contributed by atoms with Gasteiger partial charge in [-0.2, -0.15) is 26.3 Å². The lowest BCUT2D eigenvalue weighted by Gasteiger charge is -2.43. The molecule has 2 saturated carbocycles. The predicted molar refractivity (Wildman–Crippen MR) is 102 cm³/mol. The number of ether oxygens (including phenoxy) is 1. The fourth-order valence-electron chi connectivity index (χ4n) is 4.34. The standard InChI is InChI=1S/C20H32F6O3Si/c1-18(2,3)30(4,5)29-14-8-6-7-12-9-10-13(11-12)15(14)16(27)28-17(19(21,22)23)20(24,25)26/h12-15,17H,6-11H2,1-5H3/t12-,13?,14+,15-/m0/s1. The van der Waals surface area contributed by atoms with Crippen molar-refractivity contribution in [3.63, 3.8) is 0 Å². The highest BCUT2D eigenvalue weighted by atomic mass is 28.4. The van der Waals surface area contributed by atoms with Gasteiger partial charge in [0.2, 0.25) is 0 Å². The summed E-state index contributed by atoms with van der Waals surface area (Å²) < 4.78 is 88.4. The van der Waals surface area contributed by atoms with Gasteiger partial charge in [0.05, 0.1) is 12.0 Å². The first-order valence-corrected chi connectivity index (χ1v) is 13.4. The van der Waals surface area contributed by atoms with Crippen LogP contribution in [0.3, 0.4) is 0 Å². The molecule has 176 valence electrons. The van der Waals surface area contributed by atoms with E-state index in [2.05, 4.69) is 4.74 Å². The molecule has 0 aliphatic heterocycles. The van der Waals surface area contributed by atoms with Crippen molar-refractivity contribution >= 4 is 14.3 Å². The molecular weight excluding hydrogens is 430 g/mol. The number of rotatable bonds is 4. The molecule has 2 bridgehead atoms. The normalized spacial score (nSPS) is 28.9. The Morgan fingerprint density at radius 2 is 1.50 bits per heavy atom. The van der Waals surface area contributed by atoms with Crippen LogP contribution >= 0.6 is 0 Å². The van der Waals surface area contributed by atoms with E-state index in [0.29, 0.717) is 25.2 Å². The molecule has 0 radical (unpaired) electrons. The van der Waals surface area contributed by atoms with Crippen LogP contribution in [0.1, 0.15) is 59.3 Å². The fraction of sp³-hybridized carbons (Fsp3) is 0.950. The zero-order valence-corrected chi connectivity index (χ0v) is 19.1. The molecule has 0 spiro atoms. The minimum absolute atomic E-state index is 0.220. The Labute approximate surface area is 175 Å². The van der Waals surface area contributed by atoms with E-state index in [0.717, 1.165) is 19.3 Å². The van der Waals surface area contributed by atoms with Crippen molar-refractivity contribution in [3.8, 4) is 0 Å². The van der Waals surface area contributed by atoms with Crippen molar-refractivity contribution in [2.75, 3.05) is 0 Å². The molecule has 2 aliphatic carbocycles. The first-order valence-electron chi connectivity index (χ1n) is 10.4. The van der Waals surface area contributed by atoms with Gasteiger partial charge in [-0.15, -0.1) is 0 Å². The summed E-state index contributed by atoms with van der Waals surface area (Å²) in [6, 6.07) is 0. The maximum atomic E-state index is 13.0. The minimum atomic E-state index is -5.72. The molecule has 4 atom stereocenters. The van der Waals surface area contributed by atoms with Crippen molar-refractivity contribution in [1.29, 1.82) is 0 Å². The van der Waals surface area contributed by atoms with E-state index in [-0.39, 0.29) is 11.0 Å². The zero-order chi connectivity index (χ0) is 23.1. The number of fused-ring (bicyclic) bond motifs is 2. The summed E-state index contributed by atoms with van der Waals surface area (Å²) in [4.78, 5) is 12.8. The molecule has 30 heavy (non-hydrogen) atoms. The van der Waals surface area contributed by atoms with Crippen molar-refractivity contribution in [1.82, 2.24) is 0 Å². The van der Waals surface area contributed by atoms with Crippen molar-refractivity contribution < 1.29 is 40.3 Å². The van der Waals surface area contributed by atoms with Crippen LogP contribution in [0.15, 0.2) is 0 Å². The molecule has 0 aromatic rings. The lowest BCUT2D eigenvalue weighted by Crippen LogP contribution is -2.51. The molecule has 1 unspecified atom stereocenters. The third kappa shape index (κ3) is 5.92. The molecule has 0 N–H and O–H groups in total. The van der Waals surface area contributed by atoms with E-state index in [9.17, 15) is 31.1 Å². The van der Waals surface area contributed by atoms with Crippen molar-refractivity contribution in [2.24, 2.45) is 17.8 Å². The topological polar surface area (TPSA) is 35.5 Å². The first-order chi connectivity index (χ1) is 13.4. The zero-order valence-electron chi connectivity index (χ0n) is 18.1. The average molecular weight is 463 g/mol. The van der Waals surface area contributed by atoms with Gasteiger partial charge in [-0.05, 0) is 49.2 Å². The second kappa shape index (κ2) is 8.63. The van der Waals surface area contributed by atoms with E-state index >= 15 is 0 Å². The summed E-state index contributed by atoms with van der Waals surface area (Å²) in [7, 11) is -2.41. The first kappa shape index (κ1) is 25.5. The van der Waals surface area contributed by atoms with E-state index in [1.165, 1.54) is 0 Å². The van der Waals surface area contributed by atoms with Gasteiger partial charge in [0.1, 0.15) is 0 Å². The quantitative estimate of drug-likeness (QED) is 0.267.